The third kappa shape index (κ3) is 4.83. The zero-order valence-electron chi connectivity index (χ0n) is 15.0. The van der Waals surface area contributed by atoms with Gasteiger partial charge in [-0.25, -0.2) is 0 Å². The summed E-state index contributed by atoms with van der Waals surface area (Å²) in [6.45, 7) is 5.72. The lowest BCUT2D eigenvalue weighted by atomic mass is 10.0. The minimum atomic E-state index is -0.630. The number of methoxy groups -OCH3 is 1. The van der Waals surface area contributed by atoms with E-state index in [4.69, 9.17) is 4.74 Å². The van der Waals surface area contributed by atoms with Gasteiger partial charge in [0.1, 0.15) is 11.8 Å². The molecule has 25 heavy (non-hydrogen) atoms. The fourth-order valence-corrected chi connectivity index (χ4v) is 2.43. The fraction of sp³-hybridized carbons (Fsp3) is 0.300. The second kappa shape index (κ2) is 8.33. The summed E-state index contributed by atoms with van der Waals surface area (Å²) < 4.78 is 5.09. The number of hydrogen-bond acceptors (Lipinski definition) is 3. The van der Waals surface area contributed by atoms with Crippen LogP contribution in [0.2, 0.25) is 0 Å². The number of carbonyl (C=O) groups is 2. The summed E-state index contributed by atoms with van der Waals surface area (Å²) in [6, 6.07) is 13.7. The number of carbonyl (C=O) groups excluding carboxylic acids is 2. The molecule has 2 rings (SSSR count). The number of nitrogens with one attached hydrogen (secondary N) is 2. The van der Waals surface area contributed by atoms with E-state index in [0.29, 0.717) is 11.3 Å². The number of ether oxygens (including phenoxy) is 1. The average molecular weight is 340 g/mol. The molecule has 0 aliphatic heterocycles. The molecule has 132 valence electrons. The van der Waals surface area contributed by atoms with Gasteiger partial charge in [0.15, 0.2) is 0 Å². The topological polar surface area (TPSA) is 67.4 Å². The maximum atomic E-state index is 12.6. The molecule has 2 aromatic rings. The van der Waals surface area contributed by atoms with Crippen LogP contribution >= 0.6 is 0 Å². The Morgan fingerprint density at radius 2 is 1.64 bits per heavy atom. The van der Waals surface area contributed by atoms with Crippen LogP contribution in [-0.2, 0) is 4.79 Å². The van der Waals surface area contributed by atoms with Gasteiger partial charge in [0, 0.05) is 11.3 Å². The Morgan fingerprint density at radius 1 is 1.00 bits per heavy atom. The Balaban J connectivity index is 2.10. The summed E-state index contributed by atoms with van der Waals surface area (Å²) in [5.41, 5.74) is 2.20. The summed E-state index contributed by atoms with van der Waals surface area (Å²) in [5, 5.41) is 5.71. The molecule has 0 aromatic heterocycles. The number of aryl methyl sites for hydroxylation is 1. The van der Waals surface area contributed by atoms with Crippen molar-refractivity contribution < 1.29 is 14.3 Å². The molecule has 2 N–H and O–H groups in total. The van der Waals surface area contributed by atoms with Crippen molar-refractivity contribution in [3.63, 3.8) is 0 Å². The van der Waals surface area contributed by atoms with E-state index in [0.717, 1.165) is 11.3 Å². The molecule has 1 atom stereocenters. The first-order valence-corrected chi connectivity index (χ1v) is 8.23. The van der Waals surface area contributed by atoms with Gasteiger partial charge >= 0.3 is 0 Å². The van der Waals surface area contributed by atoms with Crippen molar-refractivity contribution in [1.29, 1.82) is 0 Å². The van der Waals surface area contributed by atoms with E-state index in [-0.39, 0.29) is 17.7 Å². The van der Waals surface area contributed by atoms with E-state index < -0.39 is 6.04 Å². The van der Waals surface area contributed by atoms with Crippen LogP contribution in [-0.4, -0.2) is 25.0 Å². The van der Waals surface area contributed by atoms with Crippen molar-refractivity contribution in [3.05, 3.63) is 59.7 Å². The molecule has 2 aromatic carbocycles. The maximum Gasteiger partial charge on any atom is 0.251 e. The molecule has 5 nitrogen and oxygen atoms in total. The Kier molecular flexibility index (Phi) is 6.17. The summed E-state index contributed by atoms with van der Waals surface area (Å²) in [6.07, 6.45) is 0. The second-order valence-corrected chi connectivity index (χ2v) is 6.23. The van der Waals surface area contributed by atoms with Crippen molar-refractivity contribution in [1.82, 2.24) is 5.32 Å². The lowest BCUT2D eigenvalue weighted by Crippen LogP contribution is -2.47. The van der Waals surface area contributed by atoms with Gasteiger partial charge in [-0.2, -0.15) is 0 Å². The van der Waals surface area contributed by atoms with E-state index in [2.05, 4.69) is 10.6 Å². The Morgan fingerprint density at radius 3 is 2.20 bits per heavy atom. The molecule has 0 heterocycles. The summed E-state index contributed by atoms with van der Waals surface area (Å²) in [4.78, 5) is 25.1. The molecule has 1 unspecified atom stereocenters. The number of hydrogen-bond donors (Lipinski definition) is 2. The quantitative estimate of drug-likeness (QED) is 0.847. The average Bonchev–Trinajstić information content (AvgIpc) is 2.61. The fourth-order valence-electron chi connectivity index (χ4n) is 2.43. The van der Waals surface area contributed by atoms with Gasteiger partial charge in [-0.05, 0) is 48.7 Å². The molecule has 2 amide bonds. The number of rotatable bonds is 6. The van der Waals surface area contributed by atoms with Crippen molar-refractivity contribution in [2.75, 3.05) is 12.4 Å². The van der Waals surface area contributed by atoms with Crippen molar-refractivity contribution in [2.45, 2.75) is 26.8 Å². The Labute approximate surface area is 148 Å². The van der Waals surface area contributed by atoms with Crippen LogP contribution in [0.1, 0.15) is 29.8 Å². The van der Waals surface area contributed by atoms with Crippen LogP contribution in [0.5, 0.6) is 5.75 Å². The predicted octanol–water partition coefficient (Wildman–Crippen LogP) is 3.40. The first-order valence-electron chi connectivity index (χ1n) is 8.23. The van der Waals surface area contributed by atoms with Gasteiger partial charge in [0.2, 0.25) is 5.91 Å². The highest BCUT2D eigenvalue weighted by molar-refractivity contribution is 6.01. The highest BCUT2D eigenvalue weighted by Crippen LogP contribution is 2.16. The van der Waals surface area contributed by atoms with Crippen LogP contribution in [0.15, 0.2) is 48.5 Å². The van der Waals surface area contributed by atoms with Crippen LogP contribution in [0.25, 0.3) is 0 Å². The van der Waals surface area contributed by atoms with Crippen LogP contribution in [0.4, 0.5) is 5.69 Å². The van der Waals surface area contributed by atoms with Gasteiger partial charge < -0.3 is 15.4 Å². The zero-order valence-corrected chi connectivity index (χ0v) is 15.0. The van der Waals surface area contributed by atoms with Gasteiger partial charge in [-0.3, -0.25) is 9.59 Å². The highest BCUT2D eigenvalue weighted by atomic mass is 16.5. The molecular weight excluding hydrogens is 316 g/mol. The third-order valence-electron chi connectivity index (χ3n) is 3.99. The number of amides is 2. The molecule has 5 heteroatoms. The standard InChI is InChI=1S/C20H24N2O3/c1-13(2)18(20(24)21-17-8-6-5-7-14(17)3)22-19(23)15-9-11-16(25-4)12-10-15/h5-13,18H,1-4H3,(H,21,24)(H,22,23). The lowest BCUT2D eigenvalue weighted by molar-refractivity contribution is -0.118. The number of anilines is 1. The normalized spacial score (nSPS) is 11.7. The van der Waals surface area contributed by atoms with Gasteiger partial charge in [0.25, 0.3) is 5.91 Å². The molecule has 0 bridgehead atoms. The monoisotopic (exact) mass is 340 g/mol. The number of benzene rings is 2. The van der Waals surface area contributed by atoms with Crippen molar-refractivity contribution in [3.8, 4) is 5.75 Å². The number of para-hydroxylation sites is 1. The first kappa shape index (κ1) is 18.5. The van der Waals surface area contributed by atoms with Crippen molar-refractivity contribution in [2.24, 2.45) is 5.92 Å². The van der Waals surface area contributed by atoms with E-state index in [1.165, 1.54) is 0 Å². The van der Waals surface area contributed by atoms with E-state index >= 15 is 0 Å². The van der Waals surface area contributed by atoms with Gasteiger partial charge in [0.05, 0.1) is 7.11 Å². The highest BCUT2D eigenvalue weighted by Gasteiger charge is 2.25. The van der Waals surface area contributed by atoms with Crippen molar-refractivity contribution >= 4 is 17.5 Å². The smallest absolute Gasteiger partial charge is 0.251 e. The lowest BCUT2D eigenvalue weighted by Gasteiger charge is -2.22. The maximum absolute atomic E-state index is 12.6. The van der Waals surface area contributed by atoms with Crippen LogP contribution in [0, 0.1) is 12.8 Å². The van der Waals surface area contributed by atoms with E-state index in [9.17, 15) is 9.59 Å². The summed E-state index contributed by atoms with van der Waals surface area (Å²) in [7, 11) is 1.57. The minimum absolute atomic E-state index is 0.0498. The third-order valence-corrected chi connectivity index (χ3v) is 3.99. The predicted molar refractivity (Wildman–Crippen MR) is 98.9 cm³/mol. The van der Waals surface area contributed by atoms with E-state index in [1.54, 1.807) is 31.4 Å². The van der Waals surface area contributed by atoms with Crippen LogP contribution < -0.4 is 15.4 Å². The van der Waals surface area contributed by atoms with E-state index in [1.807, 2.05) is 45.0 Å². The molecule has 0 aliphatic carbocycles. The first-order chi connectivity index (χ1) is 11.9. The Hall–Kier alpha value is -2.82. The van der Waals surface area contributed by atoms with Gasteiger partial charge in [-0.1, -0.05) is 32.0 Å². The summed E-state index contributed by atoms with van der Waals surface area (Å²) >= 11 is 0. The van der Waals surface area contributed by atoms with Crippen LogP contribution in [0.3, 0.4) is 0 Å². The SMILES string of the molecule is COc1ccc(C(=O)NC(C(=O)Nc2ccccc2C)C(C)C)cc1. The second-order valence-electron chi connectivity index (χ2n) is 6.23. The van der Waals surface area contributed by atoms with Gasteiger partial charge in [-0.15, -0.1) is 0 Å². The molecule has 0 radical (unpaired) electrons. The zero-order chi connectivity index (χ0) is 18.4. The molecule has 0 aliphatic rings. The molecule has 0 saturated heterocycles. The molecule has 0 spiro atoms. The molecule has 0 fully saturated rings. The molecule has 0 saturated carbocycles. The minimum Gasteiger partial charge on any atom is -0.497 e. The molecular formula is C20H24N2O3. The largest absolute Gasteiger partial charge is 0.497 e. The summed E-state index contributed by atoms with van der Waals surface area (Å²) in [5.74, 6) is 0.105. The Bertz CT molecular complexity index is 739.